The van der Waals surface area contributed by atoms with Crippen molar-refractivity contribution < 1.29 is 17.9 Å². The molecule has 1 aliphatic rings. The molecule has 21 heavy (non-hydrogen) atoms. The lowest BCUT2D eigenvalue weighted by Gasteiger charge is -2.33. The monoisotopic (exact) mass is 311 g/mol. The minimum Gasteiger partial charge on any atom is -0.494 e. The van der Waals surface area contributed by atoms with Gasteiger partial charge in [-0.15, -0.1) is 0 Å². The van der Waals surface area contributed by atoms with Crippen LogP contribution in [0.25, 0.3) is 0 Å². The molecular formula is C15H21NO4S. The first-order valence-electron chi connectivity index (χ1n) is 6.87. The van der Waals surface area contributed by atoms with Crippen LogP contribution in [0.2, 0.25) is 0 Å². The first kappa shape index (κ1) is 16.0. The summed E-state index contributed by atoms with van der Waals surface area (Å²) in [4.78, 5) is 0. The Morgan fingerprint density at radius 3 is 2.67 bits per heavy atom. The standard InChI is InChI=1S/C15H21NO4S/c1-12-8-9-20-14(15(12)16-21(2,17)18)11-19-10-13-6-4-3-5-7-13/h3-9,12,14-16H,10-11H2,1-2H3/t12-,14+,15+/m0/s1. The van der Waals surface area contributed by atoms with E-state index in [0.29, 0.717) is 13.2 Å². The van der Waals surface area contributed by atoms with Gasteiger partial charge in [0.25, 0.3) is 0 Å². The van der Waals surface area contributed by atoms with Crippen LogP contribution in [0.1, 0.15) is 12.5 Å². The summed E-state index contributed by atoms with van der Waals surface area (Å²) in [6, 6.07) is 9.50. The Balaban J connectivity index is 1.92. The molecule has 0 amide bonds. The van der Waals surface area contributed by atoms with Gasteiger partial charge in [0.15, 0.2) is 0 Å². The number of benzene rings is 1. The number of rotatable bonds is 6. The van der Waals surface area contributed by atoms with E-state index < -0.39 is 10.0 Å². The zero-order valence-electron chi connectivity index (χ0n) is 12.2. The Morgan fingerprint density at radius 1 is 1.29 bits per heavy atom. The van der Waals surface area contributed by atoms with Gasteiger partial charge in [-0.25, -0.2) is 13.1 Å². The fourth-order valence-corrected chi connectivity index (χ4v) is 3.11. The highest BCUT2D eigenvalue weighted by molar-refractivity contribution is 7.88. The molecule has 0 bridgehead atoms. The molecule has 0 saturated carbocycles. The molecule has 0 unspecified atom stereocenters. The van der Waals surface area contributed by atoms with E-state index in [1.54, 1.807) is 6.26 Å². The van der Waals surface area contributed by atoms with Crippen molar-refractivity contribution in [2.24, 2.45) is 5.92 Å². The largest absolute Gasteiger partial charge is 0.494 e. The van der Waals surface area contributed by atoms with Gasteiger partial charge in [-0.3, -0.25) is 0 Å². The molecule has 0 radical (unpaired) electrons. The quantitative estimate of drug-likeness (QED) is 0.868. The normalized spacial score (nSPS) is 25.5. The second kappa shape index (κ2) is 7.06. The van der Waals surface area contributed by atoms with E-state index in [0.717, 1.165) is 11.8 Å². The van der Waals surface area contributed by atoms with Gasteiger partial charge >= 0.3 is 0 Å². The van der Waals surface area contributed by atoms with E-state index in [-0.39, 0.29) is 18.1 Å². The number of ether oxygens (including phenoxy) is 2. The molecule has 3 atom stereocenters. The van der Waals surface area contributed by atoms with Crippen molar-refractivity contribution in [1.29, 1.82) is 0 Å². The Hall–Kier alpha value is -1.37. The molecule has 0 spiro atoms. The second-order valence-electron chi connectivity index (χ2n) is 5.28. The van der Waals surface area contributed by atoms with Crippen LogP contribution in [0.4, 0.5) is 0 Å². The SMILES string of the molecule is C[C@H]1C=CO[C@H](COCc2ccccc2)[C@@H]1NS(C)(=O)=O. The lowest BCUT2D eigenvalue weighted by atomic mass is 9.96. The molecule has 5 nitrogen and oxygen atoms in total. The fraction of sp³-hybridized carbons (Fsp3) is 0.467. The number of nitrogens with one attached hydrogen (secondary N) is 1. The lowest BCUT2D eigenvalue weighted by Crippen LogP contribution is -2.50. The van der Waals surface area contributed by atoms with E-state index in [2.05, 4.69) is 4.72 Å². The molecule has 6 heteroatoms. The third-order valence-electron chi connectivity index (χ3n) is 3.35. The third kappa shape index (κ3) is 5.15. The maximum atomic E-state index is 11.5. The Kier molecular flexibility index (Phi) is 5.39. The van der Waals surface area contributed by atoms with E-state index >= 15 is 0 Å². The van der Waals surface area contributed by atoms with Crippen LogP contribution in [0.3, 0.4) is 0 Å². The second-order valence-corrected chi connectivity index (χ2v) is 7.06. The summed E-state index contributed by atoms with van der Waals surface area (Å²) < 4.78 is 36.7. The molecule has 1 N–H and O–H groups in total. The van der Waals surface area contributed by atoms with E-state index in [9.17, 15) is 8.42 Å². The zero-order chi connectivity index (χ0) is 15.3. The molecule has 1 aromatic rings. The maximum Gasteiger partial charge on any atom is 0.209 e. The molecule has 0 aromatic heterocycles. The number of hydrogen-bond acceptors (Lipinski definition) is 4. The van der Waals surface area contributed by atoms with Crippen LogP contribution in [-0.4, -0.2) is 33.4 Å². The highest BCUT2D eigenvalue weighted by Gasteiger charge is 2.32. The minimum atomic E-state index is -3.29. The van der Waals surface area contributed by atoms with E-state index in [1.807, 2.05) is 43.3 Å². The number of hydrogen-bond donors (Lipinski definition) is 1. The first-order valence-corrected chi connectivity index (χ1v) is 8.76. The van der Waals surface area contributed by atoms with Gasteiger partial charge in [0.05, 0.1) is 31.8 Å². The Labute approximate surface area is 126 Å². The zero-order valence-corrected chi connectivity index (χ0v) is 13.0. The summed E-state index contributed by atoms with van der Waals surface area (Å²) in [6.07, 6.45) is 4.28. The van der Waals surface area contributed by atoms with Gasteiger partial charge in [0.2, 0.25) is 10.0 Å². The summed E-state index contributed by atoms with van der Waals surface area (Å²) in [5.74, 6) is 0.0544. The van der Waals surface area contributed by atoms with Gasteiger partial charge in [-0.1, -0.05) is 37.3 Å². The van der Waals surface area contributed by atoms with Gasteiger partial charge in [0.1, 0.15) is 6.10 Å². The fourth-order valence-electron chi connectivity index (χ4n) is 2.25. The molecule has 1 heterocycles. The smallest absolute Gasteiger partial charge is 0.209 e. The van der Waals surface area contributed by atoms with E-state index in [1.165, 1.54) is 0 Å². The molecule has 0 saturated heterocycles. The minimum absolute atomic E-state index is 0.0544. The Morgan fingerprint density at radius 2 is 2.00 bits per heavy atom. The summed E-state index contributed by atoms with van der Waals surface area (Å²) in [6.45, 7) is 2.76. The maximum absolute atomic E-state index is 11.5. The summed E-state index contributed by atoms with van der Waals surface area (Å²) in [7, 11) is -3.29. The predicted octanol–water partition coefficient (Wildman–Crippen LogP) is 1.67. The highest BCUT2D eigenvalue weighted by Crippen LogP contribution is 2.19. The van der Waals surface area contributed by atoms with Crippen molar-refractivity contribution in [2.75, 3.05) is 12.9 Å². The molecule has 2 rings (SSSR count). The topological polar surface area (TPSA) is 64.6 Å². The van der Waals surface area contributed by atoms with Crippen molar-refractivity contribution in [3.63, 3.8) is 0 Å². The van der Waals surface area contributed by atoms with Gasteiger partial charge < -0.3 is 9.47 Å². The van der Waals surface area contributed by atoms with Crippen LogP contribution in [0, 0.1) is 5.92 Å². The molecule has 0 aliphatic carbocycles. The number of sulfonamides is 1. The predicted molar refractivity (Wildman–Crippen MR) is 81.0 cm³/mol. The van der Waals surface area contributed by atoms with E-state index in [4.69, 9.17) is 9.47 Å². The highest BCUT2D eigenvalue weighted by atomic mass is 32.2. The van der Waals surface area contributed by atoms with Crippen LogP contribution < -0.4 is 4.72 Å². The van der Waals surface area contributed by atoms with Crippen molar-refractivity contribution in [2.45, 2.75) is 25.7 Å². The molecule has 1 aliphatic heterocycles. The molecule has 0 fully saturated rings. The average molecular weight is 311 g/mol. The van der Waals surface area contributed by atoms with Crippen LogP contribution >= 0.6 is 0 Å². The molecule has 1 aromatic carbocycles. The van der Waals surface area contributed by atoms with Crippen LogP contribution in [0.15, 0.2) is 42.7 Å². The van der Waals surface area contributed by atoms with Gasteiger partial charge in [0, 0.05) is 0 Å². The summed E-state index contributed by atoms with van der Waals surface area (Å²) in [5, 5.41) is 0. The van der Waals surface area contributed by atoms with Crippen LogP contribution in [-0.2, 0) is 26.1 Å². The summed E-state index contributed by atoms with van der Waals surface area (Å²) >= 11 is 0. The average Bonchev–Trinajstić information content (AvgIpc) is 2.42. The van der Waals surface area contributed by atoms with Crippen molar-refractivity contribution in [3.05, 3.63) is 48.2 Å². The van der Waals surface area contributed by atoms with Crippen molar-refractivity contribution in [1.82, 2.24) is 4.72 Å². The third-order valence-corrected chi connectivity index (χ3v) is 4.05. The molecule has 116 valence electrons. The Bertz CT molecular complexity index is 571. The van der Waals surface area contributed by atoms with Crippen molar-refractivity contribution >= 4 is 10.0 Å². The van der Waals surface area contributed by atoms with Crippen LogP contribution in [0.5, 0.6) is 0 Å². The summed E-state index contributed by atoms with van der Waals surface area (Å²) in [5.41, 5.74) is 1.07. The lowest BCUT2D eigenvalue weighted by molar-refractivity contribution is -0.00998. The van der Waals surface area contributed by atoms with Gasteiger partial charge in [-0.2, -0.15) is 0 Å². The molecular weight excluding hydrogens is 290 g/mol. The van der Waals surface area contributed by atoms with Crippen molar-refractivity contribution in [3.8, 4) is 0 Å². The van der Waals surface area contributed by atoms with Gasteiger partial charge in [-0.05, 0) is 17.6 Å². The first-order chi connectivity index (χ1) is 9.96.